The van der Waals surface area contributed by atoms with Crippen LogP contribution in [0.5, 0.6) is 17.2 Å². The highest BCUT2D eigenvalue weighted by molar-refractivity contribution is 5.70. The van der Waals surface area contributed by atoms with Crippen LogP contribution in [0.25, 0.3) is 11.3 Å². The number of nitrogens with zero attached hydrogens (tertiary/aromatic N) is 4. The Kier molecular flexibility index (Phi) is 6.46. The van der Waals surface area contributed by atoms with Crippen molar-refractivity contribution < 1.29 is 14.2 Å². The van der Waals surface area contributed by atoms with E-state index < -0.39 is 0 Å². The number of benzene rings is 2. The van der Waals surface area contributed by atoms with E-state index in [0.717, 1.165) is 39.4 Å². The Hall–Kier alpha value is -3.99. The van der Waals surface area contributed by atoms with Crippen LogP contribution < -0.4 is 25.4 Å². The molecular weight excluding hydrogens is 432 g/mol. The van der Waals surface area contributed by atoms with Gasteiger partial charge in [-0.1, -0.05) is 0 Å². The molecule has 0 atom stereocenters. The molecule has 34 heavy (non-hydrogen) atoms. The molecule has 0 aliphatic carbocycles. The van der Waals surface area contributed by atoms with Crippen LogP contribution in [0, 0.1) is 25.2 Å². The minimum Gasteiger partial charge on any atom is -0.497 e. The van der Waals surface area contributed by atoms with Crippen LogP contribution in [0.2, 0.25) is 0 Å². The summed E-state index contributed by atoms with van der Waals surface area (Å²) in [5, 5.41) is 9.42. The molecular formula is C26H28N4O4. The van der Waals surface area contributed by atoms with Gasteiger partial charge in [-0.2, -0.15) is 5.26 Å². The average Bonchev–Trinajstić information content (AvgIpc) is 2.83. The maximum atomic E-state index is 13.5. The standard InChI is InChI=1S/C26H28N4O4/c1-6-34-23-13-18-7-9-29-21(20(18)14-22(23)33-5)15-24(30(10-8-27)26(29)31)28-25-16(2)11-19(32-4)12-17(25)3/h11-15H,6-7,9-10H2,1-5H3. The summed E-state index contributed by atoms with van der Waals surface area (Å²) in [5.74, 6) is 2.04. The highest BCUT2D eigenvalue weighted by Gasteiger charge is 2.22. The fraction of sp³-hybridized carbons (Fsp3) is 0.346. The Bertz CT molecular complexity index is 1400. The molecule has 0 radical (unpaired) electrons. The Morgan fingerprint density at radius 1 is 1.06 bits per heavy atom. The molecule has 4 rings (SSSR count). The van der Waals surface area contributed by atoms with Crippen molar-refractivity contribution in [2.75, 3.05) is 20.8 Å². The van der Waals surface area contributed by atoms with Crippen LogP contribution in [-0.2, 0) is 19.5 Å². The minimum atomic E-state index is -0.264. The Morgan fingerprint density at radius 2 is 1.79 bits per heavy atom. The first-order valence-electron chi connectivity index (χ1n) is 11.2. The summed E-state index contributed by atoms with van der Waals surface area (Å²) in [4.78, 5) is 18.3. The van der Waals surface area contributed by atoms with Gasteiger partial charge in [0.15, 0.2) is 11.5 Å². The van der Waals surface area contributed by atoms with Gasteiger partial charge in [-0.25, -0.2) is 9.79 Å². The summed E-state index contributed by atoms with van der Waals surface area (Å²) in [6.45, 7) is 6.77. The molecule has 0 unspecified atom stereocenters. The van der Waals surface area contributed by atoms with Gasteiger partial charge in [0, 0.05) is 18.2 Å². The lowest BCUT2D eigenvalue weighted by molar-refractivity contribution is 0.310. The summed E-state index contributed by atoms with van der Waals surface area (Å²) < 4.78 is 19.8. The van der Waals surface area contributed by atoms with Gasteiger partial charge in [-0.15, -0.1) is 0 Å². The molecule has 1 aliphatic heterocycles. The van der Waals surface area contributed by atoms with Gasteiger partial charge in [-0.05, 0) is 68.1 Å². The molecule has 176 valence electrons. The van der Waals surface area contributed by atoms with Crippen LogP contribution in [0.1, 0.15) is 23.6 Å². The van der Waals surface area contributed by atoms with E-state index in [1.54, 1.807) is 18.8 Å². The second-order valence-corrected chi connectivity index (χ2v) is 8.13. The summed E-state index contributed by atoms with van der Waals surface area (Å²) in [6, 6.07) is 11.7. The maximum Gasteiger partial charge on any atom is 0.331 e. The Labute approximate surface area is 198 Å². The summed E-state index contributed by atoms with van der Waals surface area (Å²) in [6.07, 6.45) is 0.673. The number of hydrogen-bond acceptors (Lipinski definition) is 6. The molecule has 8 heteroatoms. The molecule has 0 saturated carbocycles. The third-order valence-electron chi connectivity index (χ3n) is 6.02. The number of nitriles is 1. The van der Waals surface area contributed by atoms with E-state index in [0.29, 0.717) is 36.6 Å². The number of aromatic nitrogens is 2. The number of aryl methyl sites for hydroxylation is 3. The second-order valence-electron chi connectivity index (χ2n) is 8.13. The zero-order valence-electron chi connectivity index (χ0n) is 20.1. The van der Waals surface area contributed by atoms with Crippen LogP contribution in [-0.4, -0.2) is 30.0 Å². The number of hydrogen-bond donors (Lipinski definition) is 0. The predicted octanol–water partition coefficient (Wildman–Crippen LogP) is 3.66. The van der Waals surface area contributed by atoms with Crippen molar-refractivity contribution in [1.82, 2.24) is 9.13 Å². The van der Waals surface area contributed by atoms with E-state index in [-0.39, 0.29) is 12.2 Å². The molecule has 8 nitrogen and oxygen atoms in total. The molecule has 0 bridgehead atoms. The predicted molar refractivity (Wildman–Crippen MR) is 129 cm³/mol. The molecule has 2 aromatic carbocycles. The van der Waals surface area contributed by atoms with Crippen LogP contribution in [0.15, 0.2) is 40.1 Å². The van der Waals surface area contributed by atoms with E-state index in [9.17, 15) is 10.1 Å². The topological polar surface area (TPSA) is 90.8 Å². The van der Waals surface area contributed by atoms with Crippen LogP contribution >= 0.6 is 0 Å². The molecule has 2 heterocycles. The number of fused-ring (bicyclic) bond motifs is 3. The number of ether oxygens (including phenoxy) is 3. The summed E-state index contributed by atoms with van der Waals surface area (Å²) in [5.41, 5.74) is 5.46. The normalized spacial score (nSPS) is 12.5. The number of rotatable bonds is 6. The molecule has 3 aromatic rings. The first-order valence-corrected chi connectivity index (χ1v) is 11.2. The highest BCUT2D eigenvalue weighted by Crippen LogP contribution is 2.37. The number of methoxy groups -OCH3 is 2. The quantitative estimate of drug-likeness (QED) is 0.560. The molecule has 0 N–H and O–H groups in total. The first-order chi connectivity index (χ1) is 16.4. The Morgan fingerprint density at radius 3 is 2.41 bits per heavy atom. The van der Waals surface area contributed by atoms with Crippen molar-refractivity contribution in [2.24, 2.45) is 4.99 Å². The van der Waals surface area contributed by atoms with Gasteiger partial charge < -0.3 is 14.2 Å². The van der Waals surface area contributed by atoms with Crippen LogP contribution in [0.3, 0.4) is 0 Å². The van der Waals surface area contributed by atoms with Crippen LogP contribution in [0.4, 0.5) is 5.69 Å². The SMILES string of the molecule is CCOc1cc2c(cc1OC)-c1cc(=Nc3c(C)cc(OC)cc3C)n(CC#N)c(=O)n1CC2. The van der Waals surface area contributed by atoms with Crippen molar-refractivity contribution in [2.45, 2.75) is 40.3 Å². The van der Waals surface area contributed by atoms with Gasteiger partial charge >= 0.3 is 5.69 Å². The zero-order chi connectivity index (χ0) is 24.4. The molecule has 0 spiro atoms. The molecule has 1 aromatic heterocycles. The molecule has 1 aliphatic rings. The zero-order valence-corrected chi connectivity index (χ0v) is 20.1. The molecule has 0 saturated heterocycles. The van der Waals surface area contributed by atoms with Crippen molar-refractivity contribution in [3.63, 3.8) is 0 Å². The van der Waals surface area contributed by atoms with E-state index in [1.807, 2.05) is 51.1 Å². The molecule has 0 fully saturated rings. The van der Waals surface area contributed by atoms with Crippen molar-refractivity contribution in [1.29, 1.82) is 5.26 Å². The third-order valence-corrected chi connectivity index (χ3v) is 6.02. The first kappa shape index (κ1) is 23.2. The smallest absolute Gasteiger partial charge is 0.331 e. The van der Waals surface area contributed by atoms with Crippen molar-refractivity contribution in [3.8, 4) is 34.6 Å². The van der Waals surface area contributed by atoms with Gasteiger partial charge in [0.1, 0.15) is 17.8 Å². The lowest BCUT2D eigenvalue weighted by Gasteiger charge is -2.24. The fourth-order valence-electron chi connectivity index (χ4n) is 4.41. The lowest BCUT2D eigenvalue weighted by atomic mass is 9.97. The highest BCUT2D eigenvalue weighted by atomic mass is 16.5. The van der Waals surface area contributed by atoms with E-state index in [2.05, 4.69) is 6.07 Å². The van der Waals surface area contributed by atoms with E-state index in [4.69, 9.17) is 19.2 Å². The largest absolute Gasteiger partial charge is 0.497 e. The van der Waals surface area contributed by atoms with Gasteiger partial charge in [0.05, 0.1) is 38.3 Å². The monoisotopic (exact) mass is 460 g/mol. The lowest BCUT2D eigenvalue weighted by Crippen LogP contribution is -2.42. The van der Waals surface area contributed by atoms with Gasteiger partial charge in [0.25, 0.3) is 0 Å². The fourth-order valence-corrected chi connectivity index (χ4v) is 4.41. The van der Waals surface area contributed by atoms with Gasteiger partial charge in [0.2, 0.25) is 0 Å². The Balaban J connectivity index is 2.00. The van der Waals surface area contributed by atoms with Gasteiger partial charge in [-0.3, -0.25) is 9.13 Å². The summed E-state index contributed by atoms with van der Waals surface area (Å²) in [7, 11) is 3.22. The van der Waals surface area contributed by atoms with E-state index in [1.165, 1.54) is 4.57 Å². The van der Waals surface area contributed by atoms with E-state index >= 15 is 0 Å². The minimum absolute atomic E-state index is 0.0916. The molecule has 0 amide bonds. The second kappa shape index (κ2) is 9.48. The maximum absolute atomic E-state index is 13.5. The third kappa shape index (κ3) is 4.05. The average molecular weight is 461 g/mol. The van der Waals surface area contributed by atoms with Crippen molar-refractivity contribution >= 4 is 5.69 Å². The van der Waals surface area contributed by atoms with Crippen molar-refractivity contribution in [3.05, 3.63) is 63.0 Å². The summed E-state index contributed by atoms with van der Waals surface area (Å²) >= 11 is 0.